The van der Waals surface area contributed by atoms with Crippen LogP contribution in [0.3, 0.4) is 0 Å². The molecule has 0 aliphatic rings. The molecule has 0 spiro atoms. The summed E-state index contributed by atoms with van der Waals surface area (Å²) in [4.78, 5) is 27.0. The molecule has 3 rings (SSSR count). The number of anilines is 1. The zero-order valence-electron chi connectivity index (χ0n) is 13.1. The summed E-state index contributed by atoms with van der Waals surface area (Å²) in [7, 11) is 1.30. The van der Waals surface area contributed by atoms with E-state index in [2.05, 4.69) is 10.3 Å². The van der Waals surface area contributed by atoms with Gasteiger partial charge >= 0.3 is 5.97 Å². The Hall–Kier alpha value is -3.34. The molecule has 0 aliphatic carbocycles. The second-order valence-electron chi connectivity index (χ2n) is 5.15. The van der Waals surface area contributed by atoms with Crippen molar-refractivity contribution in [1.29, 1.82) is 0 Å². The van der Waals surface area contributed by atoms with Gasteiger partial charge in [0, 0.05) is 23.2 Å². The predicted octanol–water partition coefficient (Wildman–Crippen LogP) is 3.61. The van der Waals surface area contributed by atoms with E-state index < -0.39 is 5.97 Å². The van der Waals surface area contributed by atoms with Crippen molar-refractivity contribution < 1.29 is 14.3 Å². The Balaban J connectivity index is 1.78. The van der Waals surface area contributed by atoms with E-state index in [-0.39, 0.29) is 5.91 Å². The third kappa shape index (κ3) is 3.20. The van der Waals surface area contributed by atoms with E-state index in [9.17, 15) is 9.59 Å². The normalized spacial score (nSPS) is 10.9. The second kappa shape index (κ2) is 6.83. The molecule has 5 heteroatoms. The summed E-state index contributed by atoms with van der Waals surface area (Å²) < 4.78 is 4.71. The summed E-state index contributed by atoms with van der Waals surface area (Å²) in [5, 5.41) is 3.74. The number of para-hydroxylation sites is 2. The molecule has 120 valence electrons. The molecule has 0 saturated carbocycles. The van der Waals surface area contributed by atoms with Gasteiger partial charge < -0.3 is 15.0 Å². The molecule has 1 heterocycles. The summed E-state index contributed by atoms with van der Waals surface area (Å²) in [6.45, 7) is 0. The van der Waals surface area contributed by atoms with Gasteiger partial charge in [0.25, 0.3) is 0 Å². The third-order valence-corrected chi connectivity index (χ3v) is 3.63. The Morgan fingerprint density at radius 1 is 1.08 bits per heavy atom. The average Bonchev–Trinajstić information content (AvgIpc) is 3.03. The van der Waals surface area contributed by atoms with Crippen molar-refractivity contribution in [2.24, 2.45) is 0 Å². The SMILES string of the molecule is COC(=O)c1ccccc1NC(=O)/C=C/c1c[nH]c2ccccc12. The number of esters is 1. The summed E-state index contributed by atoms with van der Waals surface area (Å²) in [5.74, 6) is -0.817. The summed E-state index contributed by atoms with van der Waals surface area (Å²) in [6, 6.07) is 14.6. The van der Waals surface area contributed by atoms with Crippen LogP contribution in [0.2, 0.25) is 0 Å². The summed E-state index contributed by atoms with van der Waals surface area (Å²) >= 11 is 0. The maximum absolute atomic E-state index is 12.1. The minimum atomic E-state index is -0.494. The van der Waals surface area contributed by atoms with E-state index in [4.69, 9.17) is 4.74 Å². The van der Waals surface area contributed by atoms with Crippen molar-refractivity contribution >= 4 is 34.5 Å². The van der Waals surface area contributed by atoms with Crippen LogP contribution in [0, 0.1) is 0 Å². The molecule has 3 aromatic rings. The monoisotopic (exact) mass is 320 g/mol. The lowest BCUT2D eigenvalue weighted by atomic mass is 10.1. The fraction of sp³-hybridized carbons (Fsp3) is 0.0526. The maximum Gasteiger partial charge on any atom is 0.339 e. The lowest BCUT2D eigenvalue weighted by Crippen LogP contribution is -2.12. The third-order valence-electron chi connectivity index (χ3n) is 3.63. The van der Waals surface area contributed by atoms with E-state index in [1.807, 2.05) is 30.5 Å². The second-order valence-corrected chi connectivity index (χ2v) is 5.15. The first-order chi connectivity index (χ1) is 11.7. The van der Waals surface area contributed by atoms with Gasteiger partial charge in [-0.2, -0.15) is 0 Å². The topological polar surface area (TPSA) is 71.2 Å². The van der Waals surface area contributed by atoms with Gasteiger partial charge in [0.2, 0.25) is 5.91 Å². The number of aromatic nitrogens is 1. The first-order valence-electron chi connectivity index (χ1n) is 7.41. The lowest BCUT2D eigenvalue weighted by Gasteiger charge is -2.07. The van der Waals surface area contributed by atoms with Gasteiger partial charge in [-0.3, -0.25) is 4.79 Å². The van der Waals surface area contributed by atoms with Crippen molar-refractivity contribution in [2.75, 3.05) is 12.4 Å². The zero-order valence-corrected chi connectivity index (χ0v) is 13.1. The number of carbonyl (C=O) groups excluding carboxylic acids is 2. The number of methoxy groups -OCH3 is 1. The van der Waals surface area contributed by atoms with E-state index in [0.717, 1.165) is 16.5 Å². The molecule has 0 unspecified atom stereocenters. The van der Waals surface area contributed by atoms with Crippen LogP contribution in [0.1, 0.15) is 15.9 Å². The molecule has 0 radical (unpaired) electrons. The van der Waals surface area contributed by atoms with Gasteiger partial charge in [0.1, 0.15) is 0 Å². The molecule has 1 amide bonds. The van der Waals surface area contributed by atoms with Crippen molar-refractivity contribution in [3.8, 4) is 0 Å². The van der Waals surface area contributed by atoms with Crippen LogP contribution in [0.4, 0.5) is 5.69 Å². The molecule has 0 atom stereocenters. The van der Waals surface area contributed by atoms with Gasteiger partial charge in [-0.15, -0.1) is 0 Å². The van der Waals surface area contributed by atoms with Crippen LogP contribution in [0.5, 0.6) is 0 Å². The van der Waals surface area contributed by atoms with Crippen LogP contribution >= 0.6 is 0 Å². The molecule has 0 fully saturated rings. The Kier molecular flexibility index (Phi) is 4.43. The van der Waals surface area contributed by atoms with Crippen LogP contribution in [0.25, 0.3) is 17.0 Å². The molecule has 5 nitrogen and oxygen atoms in total. The first-order valence-corrected chi connectivity index (χ1v) is 7.41. The molecule has 2 N–H and O–H groups in total. The fourth-order valence-electron chi connectivity index (χ4n) is 2.45. The number of ether oxygens (including phenoxy) is 1. The highest BCUT2D eigenvalue weighted by Crippen LogP contribution is 2.19. The van der Waals surface area contributed by atoms with Crippen LogP contribution in [-0.4, -0.2) is 24.0 Å². The number of hydrogen-bond donors (Lipinski definition) is 2. The number of aromatic amines is 1. The standard InChI is InChI=1S/C19H16N2O3/c1-24-19(23)15-7-3-5-9-17(15)21-18(22)11-10-13-12-20-16-8-4-2-6-14(13)16/h2-12,20H,1H3,(H,21,22)/b11-10+. The molecule has 24 heavy (non-hydrogen) atoms. The van der Waals surface area contributed by atoms with Gasteiger partial charge in [0.15, 0.2) is 0 Å². The number of amides is 1. The highest BCUT2D eigenvalue weighted by Gasteiger charge is 2.12. The van der Waals surface area contributed by atoms with E-state index in [1.165, 1.54) is 13.2 Å². The van der Waals surface area contributed by atoms with Crippen LogP contribution < -0.4 is 5.32 Å². The molecule has 0 bridgehead atoms. The molecule has 0 saturated heterocycles. The number of nitrogens with one attached hydrogen (secondary N) is 2. The predicted molar refractivity (Wildman–Crippen MR) is 93.7 cm³/mol. The van der Waals surface area contributed by atoms with Crippen molar-refractivity contribution in [2.45, 2.75) is 0 Å². The molecular formula is C19H16N2O3. The molecule has 0 aliphatic heterocycles. The number of fused-ring (bicyclic) bond motifs is 1. The van der Waals surface area contributed by atoms with E-state index >= 15 is 0 Å². The Morgan fingerprint density at radius 3 is 2.67 bits per heavy atom. The zero-order chi connectivity index (χ0) is 16.9. The van der Waals surface area contributed by atoms with Gasteiger partial charge in [-0.05, 0) is 29.8 Å². The number of rotatable bonds is 4. The number of carbonyl (C=O) groups is 2. The highest BCUT2D eigenvalue weighted by atomic mass is 16.5. The highest BCUT2D eigenvalue weighted by molar-refractivity contribution is 6.07. The largest absolute Gasteiger partial charge is 0.465 e. The molecular weight excluding hydrogens is 304 g/mol. The van der Waals surface area contributed by atoms with E-state index in [0.29, 0.717) is 11.3 Å². The quantitative estimate of drug-likeness (QED) is 0.570. The average molecular weight is 320 g/mol. The minimum Gasteiger partial charge on any atom is -0.465 e. The van der Waals surface area contributed by atoms with Gasteiger partial charge in [-0.25, -0.2) is 4.79 Å². The van der Waals surface area contributed by atoms with Crippen molar-refractivity contribution in [3.63, 3.8) is 0 Å². The van der Waals surface area contributed by atoms with Crippen molar-refractivity contribution in [1.82, 2.24) is 4.98 Å². The van der Waals surface area contributed by atoms with Gasteiger partial charge in [0.05, 0.1) is 18.4 Å². The number of H-pyrrole nitrogens is 1. The molecule has 2 aromatic carbocycles. The van der Waals surface area contributed by atoms with Crippen LogP contribution in [0.15, 0.2) is 60.8 Å². The summed E-state index contributed by atoms with van der Waals surface area (Å²) in [6.07, 6.45) is 5.01. The van der Waals surface area contributed by atoms with Gasteiger partial charge in [-0.1, -0.05) is 30.3 Å². The fourth-order valence-corrected chi connectivity index (χ4v) is 2.45. The number of benzene rings is 2. The molecule has 1 aromatic heterocycles. The maximum atomic E-state index is 12.1. The summed E-state index contributed by atoms with van der Waals surface area (Å²) in [5.41, 5.74) is 2.65. The lowest BCUT2D eigenvalue weighted by molar-refractivity contribution is -0.111. The smallest absolute Gasteiger partial charge is 0.339 e. The Morgan fingerprint density at radius 2 is 1.83 bits per heavy atom. The number of hydrogen-bond acceptors (Lipinski definition) is 3. The first kappa shape index (κ1) is 15.6. The Bertz CT molecular complexity index is 925. The Labute approximate surface area is 139 Å². The van der Waals surface area contributed by atoms with E-state index in [1.54, 1.807) is 30.3 Å². The minimum absolute atomic E-state index is 0.314. The van der Waals surface area contributed by atoms with Crippen molar-refractivity contribution in [3.05, 3.63) is 71.9 Å². The van der Waals surface area contributed by atoms with Crippen LogP contribution in [-0.2, 0) is 9.53 Å².